The molecule has 1 heterocycles. The minimum atomic E-state index is -0.751. The first-order valence-corrected chi connectivity index (χ1v) is 6.69. The Hall–Kier alpha value is -1.92. The van der Waals surface area contributed by atoms with Crippen LogP contribution in [0.15, 0.2) is 36.7 Å². The summed E-state index contributed by atoms with van der Waals surface area (Å²) in [5.74, 6) is 0. The van der Waals surface area contributed by atoms with Gasteiger partial charge in [-0.05, 0) is 18.2 Å². The summed E-state index contributed by atoms with van der Waals surface area (Å²) in [6.07, 6.45) is 6.32. The smallest absolute Gasteiger partial charge is 0.0997 e. The Morgan fingerprint density at radius 1 is 1.21 bits per heavy atom. The zero-order chi connectivity index (χ0) is 13.3. The van der Waals surface area contributed by atoms with E-state index in [-0.39, 0.29) is 0 Å². The molecule has 1 aromatic heterocycles. The maximum absolute atomic E-state index is 10.7. The van der Waals surface area contributed by atoms with Crippen LogP contribution in [0.1, 0.15) is 37.4 Å². The Morgan fingerprint density at radius 3 is 2.68 bits per heavy atom. The predicted molar refractivity (Wildman–Crippen MR) is 73.2 cm³/mol. The summed E-state index contributed by atoms with van der Waals surface area (Å²) >= 11 is 0. The van der Waals surface area contributed by atoms with Crippen molar-refractivity contribution in [1.82, 2.24) is 4.98 Å². The van der Waals surface area contributed by atoms with E-state index in [2.05, 4.69) is 11.1 Å². The van der Waals surface area contributed by atoms with Crippen molar-refractivity contribution < 1.29 is 5.11 Å². The molecule has 0 radical (unpaired) electrons. The molecule has 96 valence electrons. The number of pyridine rings is 1. The molecule has 3 nitrogen and oxygen atoms in total. The van der Waals surface area contributed by atoms with Gasteiger partial charge in [-0.3, -0.25) is 4.98 Å². The van der Waals surface area contributed by atoms with Crippen LogP contribution in [0.4, 0.5) is 0 Å². The number of aliphatic hydroxyl groups excluding tert-OH is 1. The van der Waals surface area contributed by atoms with Gasteiger partial charge in [-0.15, -0.1) is 0 Å². The summed E-state index contributed by atoms with van der Waals surface area (Å²) in [4.78, 5) is 4.20. The number of aromatic nitrogens is 1. The normalized spacial score (nSPS) is 19.2. The molecule has 1 N–H and O–H groups in total. The van der Waals surface area contributed by atoms with E-state index in [0.717, 1.165) is 42.0 Å². The first kappa shape index (κ1) is 12.1. The Balaban J connectivity index is 2.12. The first-order valence-electron chi connectivity index (χ1n) is 6.69. The van der Waals surface area contributed by atoms with Gasteiger partial charge < -0.3 is 5.11 Å². The van der Waals surface area contributed by atoms with Crippen molar-refractivity contribution in [3.8, 4) is 6.07 Å². The van der Waals surface area contributed by atoms with Crippen LogP contribution in [0.3, 0.4) is 0 Å². The lowest BCUT2D eigenvalue weighted by molar-refractivity contribution is 0.0681. The van der Waals surface area contributed by atoms with Crippen molar-refractivity contribution in [1.29, 1.82) is 5.26 Å². The van der Waals surface area contributed by atoms with E-state index in [1.54, 1.807) is 12.4 Å². The molecule has 3 heteroatoms. The molecule has 0 aliphatic heterocycles. The molecule has 0 saturated heterocycles. The molecule has 19 heavy (non-hydrogen) atoms. The van der Waals surface area contributed by atoms with Crippen LogP contribution >= 0.6 is 0 Å². The average molecular weight is 252 g/mol. The second-order valence-electron chi connectivity index (χ2n) is 5.33. The van der Waals surface area contributed by atoms with Gasteiger partial charge >= 0.3 is 0 Å². The summed E-state index contributed by atoms with van der Waals surface area (Å²) < 4.78 is 0. The van der Waals surface area contributed by atoms with E-state index >= 15 is 0 Å². The largest absolute Gasteiger partial charge is 0.387 e. The van der Waals surface area contributed by atoms with Crippen LogP contribution in [0.2, 0.25) is 0 Å². The minimum absolute atomic E-state index is 0.633. The fourth-order valence-corrected chi connectivity index (χ4v) is 3.11. The molecule has 1 fully saturated rings. The highest BCUT2D eigenvalue weighted by Crippen LogP contribution is 2.48. The highest BCUT2D eigenvalue weighted by atomic mass is 16.3. The number of nitrogens with zero attached hydrogens (tertiary/aromatic N) is 2. The van der Waals surface area contributed by atoms with E-state index in [1.165, 1.54) is 0 Å². The molecule has 2 aromatic rings. The van der Waals surface area contributed by atoms with Gasteiger partial charge in [-0.2, -0.15) is 5.26 Å². The number of aliphatic hydroxyl groups is 1. The maximum Gasteiger partial charge on any atom is 0.0997 e. The van der Waals surface area contributed by atoms with Gasteiger partial charge in [0.2, 0.25) is 0 Å². The van der Waals surface area contributed by atoms with Gasteiger partial charge in [-0.25, -0.2) is 0 Å². The van der Waals surface area contributed by atoms with Crippen molar-refractivity contribution >= 4 is 10.8 Å². The molecular weight excluding hydrogens is 236 g/mol. The minimum Gasteiger partial charge on any atom is -0.387 e. The van der Waals surface area contributed by atoms with Gasteiger partial charge in [0.25, 0.3) is 0 Å². The van der Waals surface area contributed by atoms with Crippen LogP contribution in [-0.2, 0) is 0 Å². The van der Waals surface area contributed by atoms with Crippen LogP contribution in [0.5, 0.6) is 0 Å². The lowest BCUT2D eigenvalue weighted by Crippen LogP contribution is -2.24. The van der Waals surface area contributed by atoms with Crippen LogP contribution in [0, 0.1) is 16.7 Å². The zero-order valence-corrected chi connectivity index (χ0v) is 10.7. The summed E-state index contributed by atoms with van der Waals surface area (Å²) in [5, 5.41) is 22.2. The van der Waals surface area contributed by atoms with Gasteiger partial charge in [0, 0.05) is 23.3 Å². The molecule has 1 aliphatic carbocycles. The Bertz CT molecular complexity index is 633. The number of hydrogen-bond acceptors (Lipinski definition) is 3. The second kappa shape index (κ2) is 4.64. The van der Waals surface area contributed by atoms with Crippen molar-refractivity contribution in [2.24, 2.45) is 5.41 Å². The molecule has 0 spiro atoms. The van der Waals surface area contributed by atoms with Gasteiger partial charge in [0.05, 0.1) is 17.6 Å². The van der Waals surface area contributed by atoms with Crippen LogP contribution in [0.25, 0.3) is 10.8 Å². The Labute approximate surface area is 112 Å². The first-order chi connectivity index (χ1) is 9.27. The topological polar surface area (TPSA) is 56.9 Å². The third kappa shape index (κ3) is 1.89. The lowest BCUT2D eigenvalue weighted by Gasteiger charge is -2.27. The summed E-state index contributed by atoms with van der Waals surface area (Å²) in [6, 6.07) is 10.2. The van der Waals surface area contributed by atoms with E-state index in [4.69, 9.17) is 0 Å². The second-order valence-corrected chi connectivity index (χ2v) is 5.33. The van der Waals surface area contributed by atoms with Gasteiger partial charge in [0.1, 0.15) is 0 Å². The quantitative estimate of drug-likeness (QED) is 0.891. The number of hydrogen-bond donors (Lipinski definition) is 1. The van der Waals surface area contributed by atoms with Crippen molar-refractivity contribution in [2.75, 3.05) is 0 Å². The Morgan fingerprint density at radius 2 is 1.95 bits per heavy atom. The van der Waals surface area contributed by atoms with Crippen LogP contribution < -0.4 is 0 Å². The highest BCUT2D eigenvalue weighted by molar-refractivity contribution is 5.85. The molecule has 1 atom stereocenters. The molecule has 0 amide bonds. The van der Waals surface area contributed by atoms with E-state index in [0.29, 0.717) is 0 Å². The number of fused-ring (bicyclic) bond motifs is 1. The molecule has 1 saturated carbocycles. The van der Waals surface area contributed by atoms with Crippen LogP contribution in [-0.4, -0.2) is 10.1 Å². The van der Waals surface area contributed by atoms with E-state index in [1.807, 2.05) is 24.3 Å². The maximum atomic E-state index is 10.7. The summed E-state index contributed by atoms with van der Waals surface area (Å²) in [5.41, 5.74) is 0.146. The monoisotopic (exact) mass is 252 g/mol. The Kier molecular flexibility index (Phi) is 2.96. The zero-order valence-electron chi connectivity index (χ0n) is 10.7. The lowest BCUT2D eigenvalue weighted by atomic mass is 9.78. The molecule has 1 aliphatic rings. The average Bonchev–Trinajstić information content (AvgIpc) is 2.96. The predicted octanol–water partition coefficient (Wildman–Crippen LogP) is 3.35. The van der Waals surface area contributed by atoms with Crippen molar-refractivity contribution in [3.63, 3.8) is 0 Å². The fraction of sp³-hybridized carbons (Fsp3) is 0.375. The molecule has 1 unspecified atom stereocenters. The summed E-state index contributed by atoms with van der Waals surface area (Å²) in [6.45, 7) is 0. The number of nitriles is 1. The third-order valence-corrected chi connectivity index (χ3v) is 4.24. The summed E-state index contributed by atoms with van der Waals surface area (Å²) in [7, 11) is 0. The molecule has 1 aromatic carbocycles. The van der Waals surface area contributed by atoms with Crippen molar-refractivity contribution in [3.05, 3.63) is 42.2 Å². The molecule has 0 bridgehead atoms. The molecule has 3 rings (SSSR count). The molecular formula is C16H16N2O. The van der Waals surface area contributed by atoms with Gasteiger partial charge in [0.15, 0.2) is 0 Å². The fourth-order valence-electron chi connectivity index (χ4n) is 3.11. The highest BCUT2D eigenvalue weighted by Gasteiger charge is 2.42. The van der Waals surface area contributed by atoms with E-state index in [9.17, 15) is 10.4 Å². The SMILES string of the molecule is N#CC1(C(O)c2cncc3ccccc23)CCCC1. The van der Waals surface area contributed by atoms with Gasteiger partial charge in [-0.1, -0.05) is 37.1 Å². The van der Waals surface area contributed by atoms with E-state index < -0.39 is 11.5 Å². The third-order valence-electron chi connectivity index (χ3n) is 4.24. The number of rotatable bonds is 2. The number of benzene rings is 1. The standard InChI is InChI=1S/C16H16N2O/c17-11-16(7-3-4-8-16)15(19)14-10-18-9-12-5-1-2-6-13(12)14/h1-2,5-6,9-10,15,19H,3-4,7-8H2. The van der Waals surface area contributed by atoms with Crippen molar-refractivity contribution in [2.45, 2.75) is 31.8 Å².